The van der Waals surface area contributed by atoms with Crippen molar-refractivity contribution in [2.24, 2.45) is 0 Å². The second kappa shape index (κ2) is 9.44. The predicted octanol–water partition coefficient (Wildman–Crippen LogP) is 6.69. The molecule has 0 atom stereocenters. The highest BCUT2D eigenvalue weighted by Crippen LogP contribution is 2.31. The van der Waals surface area contributed by atoms with Crippen LogP contribution in [0.2, 0.25) is 0 Å². The molecule has 4 aromatic rings. The molecule has 2 heterocycles. The van der Waals surface area contributed by atoms with E-state index in [9.17, 15) is 4.79 Å². The average molecular weight is 423 g/mol. The standard InChI is InChI=1S/C15H15NO.C14H15N/c17-11-13-7-3-5-12-6-4-8-14(15(12)13)16-9-1-2-10-16;1-2-8-13-12(6-1)7-5-9-14(13)15-10-3-4-11-15/h3-8,11H,1-2,9-10H2;1-2,5-9H,3-4,10-11H2. The molecule has 0 aromatic heterocycles. The van der Waals surface area contributed by atoms with Crippen LogP contribution >= 0.6 is 0 Å². The Balaban J connectivity index is 0.000000136. The summed E-state index contributed by atoms with van der Waals surface area (Å²) in [6, 6.07) is 27.4. The van der Waals surface area contributed by atoms with Crippen molar-refractivity contribution in [2.45, 2.75) is 25.7 Å². The molecule has 4 aromatic carbocycles. The van der Waals surface area contributed by atoms with Crippen LogP contribution in [-0.4, -0.2) is 32.5 Å². The molecule has 2 aliphatic rings. The van der Waals surface area contributed by atoms with E-state index in [2.05, 4.69) is 76.5 Å². The molecule has 0 spiro atoms. The van der Waals surface area contributed by atoms with Crippen LogP contribution < -0.4 is 9.80 Å². The Morgan fingerprint density at radius 2 is 1.09 bits per heavy atom. The summed E-state index contributed by atoms with van der Waals surface area (Å²) >= 11 is 0. The van der Waals surface area contributed by atoms with E-state index in [1.165, 1.54) is 60.9 Å². The molecule has 32 heavy (non-hydrogen) atoms. The highest BCUT2D eigenvalue weighted by molar-refractivity contribution is 6.05. The molecule has 6 rings (SSSR count). The van der Waals surface area contributed by atoms with Crippen molar-refractivity contribution < 1.29 is 4.79 Å². The van der Waals surface area contributed by atoms with Crippen molar-refractivity contribution in [2.75, 3.05) is 36.0 Å². The van der Waals surface area contributed by atoms with Crippen molar-refractivity contribution in [3.05, 3.63) is 84.4 Å². The van der Waals surface area contributed by atoms with Gasteiger partial charge in [0.2, 0.25) is 0 Å². The maximum atomic E-state index is 11.2. The molecule has 3 nitrogen and oxygen atoms in total. The molecular formula is C29H30N2O. The summed E-state index contributed by atoms with van der Waals surface area (Å²) in [5.41, 5.74) is 3.42. The summed E-state index contributed by atoms with van der Waals surface area (Å²) in [7, 11) is 0. The molecule has 3 heteroatoms. The lowest BCUT2D eigenvalue weighted by Crippen LogP contribution is -2.18. The Hall–Kier alpha value is -3.33. The molecule has 2 saturated heterocycles. The van der Waals surface area contributed by atoms with Crippen molar-refractivity contribution in [1.82, 2.24) is 0 Å². The van der Waals surface area contributed by atoms with Crippen LogP contribution in [0.3, 0.4) is 0 Å². The zero-order valence-electron chi connectivity index (χ0n) is 18.5. The highest BCUT2D eigenvalue weighted by Gasteiger charge is 2.16. The fourth-order valence-electron chi connectivity index (χ4n) is 5.11. The number of benzene rings is 4. The Bertz CT molecular complexity index is 1210. The molecule has 0 saturated carbocycles. The number of rotatable bonds is 3. The zero-order valence-corrected chi connectivity index (χ0v) is 18.5. The number of anilines is 2. The largest absolute Gasteiger partial charge is 0.371 e. The SMILES string of the molecule is O=Cc1cccc2cccc(N3CCCC3)c12.c1ccc2c(N3CCCC3)cccc2c1. The number of aldehydes is 1. The molecular weight excluding hydrogens is 392 g/mol. The molecule has 0 bridgehead atoms. The molecule has 0 radical (unpaired) electrons. The van der Waals surface area contributed by atoms with Gasteiger partial charge in [0.15, 0.2) is 6.29 Å². The third kappa shape index (κ3) is 4.08. The number of carbonyl (C=O) groups excluding carboxylic acids is 1. The van der Waals surface area contributed by atoms with Crippen molar-refractivity contribution in [3.63, 3.8) is 0 Å². The van der Waals surface area contributed by atoms with E-state index in [1.54, 1.807) is 0 Å². The summed E-state index contributed by atoms with van der Waals surface area (Å²) < 4.78 is 0. The highest BCUT2D eigenvalue weighted by atomic mass is 16.1. The minimum atomic E-state index is 0.796. The van der Waals surface area contributed by atoms with Gasteiger partial charge >= 0.3 is 0 Å². The van der Waals surface area contributed by atoms with Crippen LogP contribution in [-0.2, 0) is 0 Å². The summed E-state index contributed by atoms with van der Waals surface area (Å²) in [4.78, 5) is 16.1. The van der Waals surface area contributed by atoms with Gasteiger partial charge in [-0.25, -0.2) is 0 Å². The number of fused-ring (bicyclic) bond motifs is 2. The van der Waals surface area contributed by atoms with Crippen molar-refractivity contribution in [3.8, 4) is 0 Å². The topological polar surface area (TPSA) is 23.6 Å². The molecule has 0 amide bonds. The first-order valence-corrected chi connectivity index (χ1v) is 11.8. The first-order valence-electron chi connectivity index (χ1n) is 11.8. The van der Waals surface area contributed by atoms with Crippen LogP contribution in [0.1, 0.15) is 36.0 Å². The average Bonchev–Trinajstić information content (AvgIpc) is 3.58. The number of nitrogens with zero attached hydrogens (tertiary/aromatic N) is 2. The van der Waals surface area contributed by atoms with Crippen LogP contribution in [0.4, 0.5) is 11.4 Å². The van der Waals surface area contributed by atoms with E-state index in [4.69, 9.17) is 0 Å². The maximum Gasteiger partial charge on any atom is 0.150 e. The quantitative estimate of drug-likeness (QED) is 0.344. The lowest BCUT2D eigenvalue weighted by molar-refractivity contribution is 0.112. The molecule has 0 aliphatic carbocycles. The number of carbonyl (C=O) groups is 1. The van der Waals surface area contributed by atoms with Gasteiger partial charge in [-0.15, -0.1) is 0 Å². The first-order chi connectivity index (χ1) is 15.8. The Morgan fingerprint density at radius 3 is 1.78 bits per heavy atom. The molecule has 0 N–H and O–H groups in total. The lowest BCUT2D eigenvalue weighted by Gasteiger charge is -2.20. The van der Waals surface area contributed by atoms with Gasteiger partial charge in [0.25, 0.3) is 0 Å². The Labute approximate surface area is 190 Å². The minimum absolute atomic E-state index is 0.796. The van der Waals surface area contributed by atoms with Gasteiger partial charge in [0, 0.05) is 53.9 Å². The van der Waals surface area contributed by atoms with Gasteiger partial charge in [-0.1, -0.05) is 66.7 Å². The smallest absolute Gasteiger partial charge is 0.150 e. The van der Waals surface area contributed by atoms with Gasteiger partial charge in [-0.2, -0.15) is 0 Å². The first kappa shape index (κ1) is 20.6. The van der Waals surface area contributed by atoms with Crippen molar-refractivity contribution >= 4 is 39.2 Å². The molecule has 162 valence electrons. The van der Waals surface area contributed by atoms with Crippen LogP contribution in [0.15, 0.2) is 78.9 Å². The summed E-state index contributed by atoms with van der Waals surface area (Å²) in [6.45, 7) is 4.64. The molecule has 0 unspecified atom stereocenters. The van der Waals surface area contributed by atoms with E-state index < -0.39 is 0 Å². The zero-order chi connectivity index (χ0) is 21.8. The van der Waals surface area contributed by atoms with Gasteiger partial charge in [0.1, 0.15) is 0 Å². The molecule has 2 fully saturated rings. The minimum Gasteiger partial charge on any atom is -0.371 e. The number of hydrogen-bond donors (Lipinski definition) is 0. The van der Waals surface area contributed by atoms with Gasteiger partial charge < -0.3 is 9.80 Å². The van der Waals surface area contributed by atoms with E-state index in [0.717, 1.165) is 35.7 Å². The fourth-order valence-corrected chi connectivity index (χ4v) is 5.11. The van der Waals surface area contributed by atoms with E-state index in [-0.39, 0.29) is 0 Å². The van der Waals surface area contributed by atoms with Crippen molar-refractivity contribution in [1.29, 1.82) is 0 Å². The maximum absolute atomic E-state index is 11.2. The number of hydrogen-bond acceptors (Lipinski definition) is 3. The second-order valence-electron chi connectivity index (χ2n) is 8.73. The van der Waals surface area contributed by atoms with E-state index in [0.29, 0.717) is 0 Å². The van der Waals surface area contributed by atoms with E-state index in [1.807, 2.05) is 12.1 Å². The van der Waals surface area contributed by atoms with Gasteiger partial charge in [0.05, 0.1) is 0 Å². The monoisotopic (exact) mass is 422 g/mol. The van der Waals surface area contributed by atoms with Crippen LogP contribution in [0, 0.1) is 0 Å². The van der Waals surface area contributed by atoms with Gasteiger partial charge in [-0.05, 0) is 48.6 Å². The second-order valence-corrected chi connectivity index (χ2v) is 8.73. The Kier molecular flexibility index (Phi) is 6.06. The lowest BCUT2D eigenvalue weighted by atomic mass is 10.0. The predicted molar refractivity (Wildman–Crippen MR) is 136 cm³/mol. The summed E-state index contributed by atoms with van der Waals surface area (Å²) in [5.74, 6) is 0. The Morgan fingerprint density at radius 1 is 0.562 bits per heavy atom. The summed E-state index contributed by atoms with van der Waals surface area (Å²) in [6.07, 6.45) is 6.13. The van der Waals surface area contributed by atoms with Gasteiger partial charge in [-0.3, -0.25) is 4.79 Å². The normalized spacial score (nSPS) is 15.8. The van der Waals surface area contributed by atoms with Crippen LogP contribution in [0.25, 0.3) is 21.5 Å². The molecule has 2 aliphatic heterocycles. The van der Waals surface area contributed by atoms with E-state index >= 15 is 0 Å². The summed E-state index contributed by atoms with van der Waals surface area (Å²) in [5, 5.41) is 5.00. The fraction of sp³-hybridized carbons (Fsp3) is 0.276. The third-order valence-corrected chi connectivity index (χ3v) is 6.70. The third-order valence-electron chi connectivity index (χ3n) is 6.70. The van der Waals surface area contributed by atoms with Crippen LogP contribution in [0.5, 0.6) is 0 Å².